The van der Waals surface area contributed by atoms with Gasteiger partial charge >= 0.3 is 0 Å². The monoisotopic (exact) mass is 276 g/mol. The lowest BCUT2D eigenvalue weighted by Gasteiger charge is -2.08. The van der Waals surface area contributed by atoms with E-state index >= 15 is 0 Å². The molecule has 0 aliphatic heterocycles. The van der Waals surface area contributed by atoms with Gasteiger partial charge < -0.3 is 15.8 Å². The van der Waals surface area contributed by atoms with Gasteiger partial charge in [0, 0.05) is 18.3 Å². The SMILES string of the molecule is CC1(C)C(CNC(=O)COc2cccc(N)c2)C1(C)C. The van der Waals surface area contributed by atoms with Crippen molar-refractivity contribution in [3.8, 4) is 5.75 Å². The number of nitrogens with two attached hydrogens (primary N) is 1. The topological polar surface area (TPSA) is 64.3 Å². The van der Waals surface area contributed by atoms with Gasteiger partial charge in [0.2, 0.25) is 0 Å². The summed E-state index contributed by atoms with van der Waals surface area (Å²) in [6.07, 6.45) is 0. The number of hydrogen-bond donors (Lipinski definition) is 2. The van der Waals surface area contributed by atoms with Gasteiger partial charge in [0.1, 0.15) is 5.75 Å². The average Bonchev–Trinajstić information content (AvgIpc) is 2.75. The highest BCUT2D eigenvalue weighted by molar-refractivity contribution is 5.77. The molecule has 3 N–H and O–H groups in total. The molecule has 0 radical (unpaired) electrons. The number of carbonyl (C=O) groups is 1. The third kappa shape index (κ3) is 2.74. The van der Waals surface area contributed by atoms with Crippen LogP contribution in [-0.2, 0) is 4.79 Å². The normalized spacial score (nSPS) is 19.4. The maximum atomic E-state index is 11.8. The summed E-state index contributed by atoms with van der Waals surface area (Å²) < 4.78 is 5.41. The van der Waals surface area contributed by atoms with Gasteiger partial charge in [-0.15, -0.1) is 0 Å². The molecule has 0 unspecified atom stereocenters. The maximum absolute atomic E-state index is 11.8. The maximum Gasteiger partial charge on any atom is 0.257 e. The van der Waals surface area contributed by atoms with Crippen molar-refractivity contribution in [2.75, 3.05) is 18.9 Å². The zero-order valence-corrected chi connectivity index (χ0v) is 12.7. The van der Waals surface area contributed by atoms with Gasteiger partial charge in [0.05, 0.1) is 0 Å². The van der Waals surface area contributed by atoms with Crippen molar-refractivity contribution in [2.45, 2.75) is 27.7 Å². The molecule has 4 heteroatoms. The Balaban J connectivity index is 1.75. The fourth-order valence-electron chi connectivity index (χ4n) is 2.86. The van der Waals surface area contributed by atoms with Crippen LogP contribution in [0, 0.1) is 16.7 Å². The number of amides is 1. The van der Waals surface area contributed by atoms with Crippen molar-refractivity contribution in [1.29, 1.82) is 0 Å². The molecule has 1 aliphatic rings. The van der Waals surface area contributed by atoms with Gasteiger partial charge in [-0.3, -0.25) is 4.79 Å². The van der Waals surface area contributed by atoms with Crippen molar-refractivity contribution in [2.24, 2.45) is 16.7 Å². The van der Waals surface area contributed by atoms with Gasteiger partial charge in [-0.05, 0) is 28.9 Å². The Hall–Kier alpha value is -1.71. The lowest BCUT2D eigenvalue weighted by molar-refractivity contribution is -0.123. The second-order valence-electron chi connectivity index (χ2n) is 6.66. The number of ether oxygens (including phenoxy) is 1. The van der Waals surface area contributed by atoms with E-state index < -0.39 is 0 Å². The number of nitrogen functional groups attached to an aromatic ring is 1. The molecule has 110 valence electrons. The van der Waals surface area contributed by atoms with Crippen LogP contribution in [0.5, 0.6) is 5.75 Å². The van der Waals surface area contributed by atoms with Crippen LogP contribution in [0.2, 0.25) is 0 Å². The largest absolute Gasteiger partial charge is 0.484 e. The number of anilines is 1. The molecule has 1 aliphatic carbocycles. The minimum absolute atomic E-state index is 0.0248. The molecule has 0 heterocycles. The Morgan fingerprint density at radius 3 is 2.50 bits per heavy atom. The molecule has 4 nitrogen and oxygen atoms in total. The molecule has 1 amide bonds. The highest BCUT2D eigenvalue weighted by atomic mass is 16.5. The van der Waals surface area contributed by atoms with E-state index in [9.17, 15) is 4.79 Å². The van der Waals surface area contributed by atoms with Gasteiger partial charge in [0.15, 0.2) is 6.61 Å². The molecule has 0 atom stereocenters. The van der Waals surface area contributed by atoms with Gasteiger partial charge in [-0.2, -0.15) is 0 Å². The predicted octanol–water partition coefficient (Wildman–Crippen LogP) is 2.45. The highest BCUT2D eigenvalue weighted by Gasteiger charge is 2.64. The van der Waals surface area contributed by atoms with E-state index in [0.717, 1.165) is 0 Å². The number of hydrogen-bond acceptors (Lipinski definition) is 3. The Morgan fingerprint density at radius 2 is 1.95 bits per heavy atom. The molecule has 1 aromatic carbocycles. The van der Waals surface area contributed by atoms with E-state index in [-0.39, 0.29) is 23.3 Å². The first-order valence-electron chi connectivity index (χ1n) is 7.00. The molecule has 1 fully saturated rings. The van der Waals surface area contributed by atoms with Crippen LogP contribution in [0.15, 0.2) is 24.3 Å². The molecular weight excluding hydrogens is 252 g/mol. The van der Waals surface area contributed by atoms with Crippen LogP contribution in [0.25, 0.3) is 0 Å². The van der Waals surface area contributed by atoms with E-state index in [4.69, 9.17) is 10.5 Å². The Bertz CT molecular complexity index is 495. The molecule has 0 aromatic heterocycles. The Labute approximate surface area is 120 Å². The summed E-state index contributed by atoms with van der Waals surface area (Å²) in [5.74, 6) is 1.05. The third-order valence-electron chi connectivity index (χ3n) is 5.05. The Kier molecular flexibility index (Phi) is 3.67. The second kappa shape index (κ2) is 5.00. The van der Waals surface area contributed by atoms with Crippen molar-refractivity contribution in [3.05, 3.63) is 24.3 Å². The van der Waals surface area contributed by atoms with Crippen molar-refractivity contribution in [1.82, 2.24) is 5.32 Å². The minimum atomic E-state index is -0.0917. The average molecular weight is 276 g/mol. The fraction of sp³-hybridized carbons (Fsp3) is 0.562. The van der Waals surface area contributed by atoms with Crippen LogP contribution in [0.4, 0.5) is 5.69 Å². The smallest absolute Gasteiger partial charge is 0.257 e. The third-order valence-corrected chi connectivity index (χ3v) is 5.05. The van der Waals surface area contributed by atoms with Crippen molar-refractivity contribution in [3.63, 3.8) is 0 Å². The zero-order chi connectivity index (χ0) is 15.0. The number of carbonyl (C=O) groups excluding carboxylic acids is 1. The molecule has 20 heavy (non-hydrogen) atoms. The highest BCUT2D eigenvalue weighted by Crippen LogP contribution is 2.67. The van der Waals surface area contributed by atoms with E-state index in [1.54, 1.807) is 24.3 Å². The summed E-state index contributed by atoms with van der Waals surface area (Å²) in [7, 11) is 0. The Morgan fingerprint density at radius 1 is 1.30 bits per heavy atom. The van der Waals surface area contributed by atoms with Crippen molar-refractivity contribution < 1.29 is 9.53 Å². The van der Waals surface area contributed by atoms with Crippen LogP contribution in [0.3, 0.4) is 0 Å². The van der Waals surface area contributed by atoms with Crippen LogP contribution < -0.4 is 15.8 Å². The quantitative estimate of drug-likeness (QED) is 0.812. The first kappa shape index (κ1) is 14.7. The van der Waals surface area contributed by atoms with E-state index in [1.807, 2.05) is 0 Å². The number of benzene rings is 1. The summed E-state index contributed by atoms with van der Waals surface area (Å²) in [4.78, 5) is 11.8. The first-order valence-corrected chi connectivity index (χ1v) is 7.00. The van der Waals surface area contributed by atoms with Crippen LogP contribution >= 0.6 is 0 Å². The minimum Gasteiger partial charge on any atom is -0.484 e. The predicted molar refractivity (Wildman–Crippen MR) is 80.4 cm³/mol. The second-order valence-corrected chi connectivity index (χ2v) is 6.66. The van der Waals surface area contributed by atoms with Crippen LogP contribution in [-0.4, -0.2) is 19.1 Å². The molecule has 1 aromatic rings. The molecule has 0 saturated heterocycles. The van der Waals surface area contributed by atoms with Gasteiger partial charge in [0.25, 0.3) is 5.91 Å². The van der Waals surface area contributed by atoms with E-state index in [1.165, 1.54) is 0 Å². The summed E-state index contributed by atoms with van der Waals surface area (Å²) in [5, 5.41) is 2.95. The summed E-state index contributed by atoms with van der Waals surface area (Å²) in [6, 6.07) is 7.08. The van der Waals surface area contributed by atoms with Crippen LogP contribution in [0.1, 0.15) is 27.7 Å². The zero-order valence-electron chi connectivity index (χ0n) is 12.7. The summed E-state index contributed by atoms with van der Waals surface area (Å²) >= 11 is 0. The first-order chi connectivity index (χ1) is 9.25. The van der Waals surface area contributed by atoms with Gasteiger partial charge in [-0.1, -0.05) is 33.8 Å². The molecule has 1 saturated carbocycles. The lowest BCUT2D eigenvalue weighted by Crippen LogP contribution is -2.31. The van der Waals surface area contributed by atoms with Crippen molar-refractivity contribution >= 4 is 11.6 Å². The molecule has 2 rings (SSSR count). The summed E-state index contributed by atoms with van der Waals surface area (Å²) in [6.45, 7) is 9.70. The summed E-state index contributed by atoms with van der Waals surface area (Å²) in [5.41, 5.74) is 6.85. The molecule has 0 bridgehead atoms. The standard InChI is InChI=1S/C16H24N2O2/c1-15(2)13(16(15,3)4)9-18-14(19)10-20-12-7-5-6-11(17)8-12/h5-8,13H,9-10,17H2,1-4H3,(H,18,19). The van der Waals surface area contributed by atoms with E-state index in [2.05, 4.69) is 33.0 Å². The van der Waals surface area contributed by atoms with Gasteiger partial charge in [-0.25, -0.2) is 0 Å². The lowest BCUT2D eigenvalue weighted by atomic mass is 10.0. The van der Waals surface area contributed by atoms with E-state index in [0.29, 0.717) is 23.9 Å². The number of nitrogens with one attached hydrogen (secondary N) is 1. The molecule has 0 spiro atoms. The molecular formula is C16H24N2O2. The number of rotatable bonds is 5. The fourth-order valence-corrected chi connectivity index (χ4v) is 2.86.